The standard InChI is InChI=1S/C13H12IN2O2/c1-6-4-8-9(5-7(6)2)18-11-10(8)15-13(14-3)16-12(11)17/h4-5H,1-3H3,(H,15,16,17)/q-1. The maximum absolute atomic E-state index is 11.9. The van der Waals surface area contributed by atoms with Gasteiger partial charge >= 0.3 is 114 Å². The topological polar surface area (TPSA) is 58.9 Å². The van der Waals surface area contributed by atoms with Crippen LogP contribution in [0.4, 0.5) is 0 Å². The Labute approximate surface area is 114 Å². The van der Waals surface area contributed by atoms with Crippen LogP contribution >= 0.6 is 0 Å². The van der Waals surface area contributed by atoms with E-state index >= 15 is 0 Å². The average Bonchev–Trinajstić information content (AvgIpc) is 2.68. The first-order valence-corrected chi connectivity index (χ1v) is 8.77. The molecule has 0 unspecified atom stereocenters. The summed E-state index contributed by atoms with van der Waals surface area (Å²) >= 11 is -0.242. The molecular formula is C13H12IN2O2-. The van der Waals surface area contributed by atoms with Gasteiger partial charge in [-0.2, -0.15) is 0 Å². The number of aromatic amines is 1. The molecule has 0 radical (unpaired) electrons. The van der Waals surface area contributed by atoms with Gasteiger partial charge in [-0.15, -0.1) is 0 Å². The fourth-order valence-electron chi connectivity index (χ4n) is 1.97. The van der Waals surface area contributed by atoms with Crippen LogP contribution in [0, 0.1) is 17.7 Å². The van der Waals surface area contributed by atoms with E-state index in [-0.39, 0.29) is 26.8 Å². The Bertz CT molecular complexity index is 817. The molecule has 3 aromatic rings. The van der Waals surface area contributed by atoms with E-state index in [1.165, 1.54) is 5.56 Å². The summed E-state index contributed by atoms with van der Waals surface area (Å²) in [6.07, 6.45) is 0. The minimum atomic E-state index is -0.242. The summed E-state index contributed by atoms with van der Waals surface area (Å²) in [5, 5.41) is 0.929. The van der Waals surface area contributed by atoms with Crippen LogP contribution in [0.2, 0.25) is 0 Å². The molecule has 0 aliphatic heterocycles. The first-order chi connectivity index (χ1) is 8.60. The number of hydrogen-bond donors (Lipinski definition) is 1. The summed E-state index contributed by atoms with van der Waals surface area (Å²) in [6.45, 7) is 4.08. The number of nitrogens with one attached hydrogen (secondary N) is 1. The summed E-state index contributed by atoms with van der Waals surface area (Å²) in [6, 6.07) is 4.01. The van der Waals surface area contributed by atoms with Crippen LogP contribution in [-0.2, 0) is 0 Å². The summed E-state index contributed by atoms with van der Waals surface area (Å²) in [7, 11) is 0. The quantitative estimate of drug-likeness (QED) is 0.352. The fourth-order valence-corrected chi connectivity index (χ4v) is 2.97. The fraction of sp³-hybridized carbons (Fsp3) is 0.231. The van der Waals surface area contributed by atoms with Crippen molar-refractivity contribution in [2.75, 3.05) is 4.93 Å². The van der Waals surface area contributed by atoms with E-state index in [0.29, 0.717) is 11.1 Å². The minimum absolute atomic E-state index is 0.178. The van der Waals surface area contributed by atoms with Crippen LogP contribution in [0.15, 0.2) is 21.3 Å². The van der Waals surface area contributed by atoms with E-state index in [2.05, 4.69) is 21.8 Å². The van der Waals surface area contributed by atoms with Crippen LogP contribution < -0.4 is 26.8 Å². The predicted octanol–water partition coefficient (Wildman–Crippen LogP) is -0.825. The number of halogens is 1. The number of alkyl halides is 1. The second kappa shape index (κ2) is 4.08. The van der Waals surface area contributed by atoms with Gasteiger partial charge < -0.3 is 0 Å². The molecule has 0 saturated carbocycles. The molecule has 0 bridgehead atoms. The first-order valence-electron chi connectivity index (χ1n) is 5.53. The Hall–Kier alpha value is -1.37. The van der Waals surface area contributed by atoms with Gasteiger partial charge in [0.15, 0.2) is 0 Å². The van der Waals surface area contributed by atoms with Crippen LogP contribution in [-0.4, -0.2) is 14.9 Å². The van der Waals surface area contributed by atoms with Gasteiger partial charge in [0, 0.05) is 0 Å². The Morgan fingerprint density at radius 1 is 1.28 bits per heavy atom. The van der Waals surface area contributed by atoms with Crippen molar-refractivity contribution in [3.05, 3.63) is 37.4 Å². The van der Waals surface area contributed by atoms with E-state index in [0.717, 1.165) is 20.4 Å². The molecule has 0 aliphatic rings. The number of nitrogens with zero attached hydrogens (tertiary/aromatic N) is 1. The third-order valence-corrected chi connectivity index (χ3v) is 4.62. The van der Waals surface area contributed by atoms with Gasteiger partial charge in [0.25, 0.3) is 0 Å². The van der Waals surface area contributed by atoms with Crippen molar-refractivity contribution in [1.29, 1.82) is 0 Å². The molecule has 18 heavy (non-hydrogen) atoms. The maximum atomic E-state index is 11.9. The molecule has 0 amide bonds. The molecule has 1 aromatic carbocycles. The van der Waals surface area contributed by atoms with Crippen molar-refractivity contribution < 1.29 is 25.6 Å². The van der Waals surface area contributed by atoms with Gasteiger partial charge in [-0.05, 0) is 0 Å². The van der Waals surface area contributed by atoms with Gasteiger partial charge in [0.05, 0.1) is 0 Å². The van der Waals surface area contributed by atoms with Crippen molar-refractivity contribution in [1.82, 2.24) is 9.97 Å². The molecule has 5 heteroatoms. The molecule has 0 aliphatic carbocycles. The third kappa shape index (κ3) is 1.65. The van der Waals surface area contributed by atoms with Crippen molar-refractivity contribution in [2.45, 2.75) is 13.8 Å². The normalized spacial score (nSPS) is 11.7. The summed E-state index contributed by atoms with van der Waals surface area (Å²) in [4.78, 5) is 21.3. The Morgan fingerprint density at radius 2 is 2.00 bits per heavy atom. The zero-order chi connectivity index (χ0) is 12.9. The Balaban J connectivity index is 2.53. The van der Waals surface area contributed by atoms with E-state index in [9.17, 15) is 4.79 Å². The summed E-state index contributed by atoms with van der Waals surface area (Å²) < 4.78 is 6.42. The zero-order valence-electron chi connectivity index (χ0n) is 10.3. The molecule has 2 heterocycles. The van der Waals surface area contributed by atoms with Crippen molar-refractivity contribution in [3.63, 3.8) is 0 Å². The molecule has 0 spiro atoms. The SMILES string of the molecule is C[I-]c1nc2c(oc3cc(C)c(C)cc32)c(=O)[nH]1. The van der Waals surface area contributed by atoms with Crippen LogP contribution in [0.3, 0.4) is 0 Å². The van der Waals surface area contributed by atoms with E-state index in [1.807, 2.05) is 19.1 Å². The molecule has 0 atom stereocenters. The van der Waals surface area contributed by atoms with Crippen molar-refractivity contribution >= 4 is 22.1 Å². The predicted molar refractivity (Wildman–Crippen MR) is 66.2 cm³/mol. The van der Waals surface area contributed by atoms with E-state index in [1.54, 1.807) is 0 Å². The number of aromatic nitrogens is 2. The average molecular weight is 355 g/mol. The molecule has 4 nitrogen and oxygen atoms in total. The van der Waals surface area contributed by atoms with Gasteiger partial charge in [-0.3, -0.25) is 0 Å². The number of hydrogen-bond acceptors (Lipinski definition) is 3. The second-order valence-electron chi connectivity index (χ2n) is 4.26. The van der Waals surface area contributed by atoms with Crippen molar-refractivity contribution in [3.8, 4) is 0 Å². The molecule has 1 N–H and O–H groups in total. The number of rotatable bonds is 1. The Morgan fingerprint density at radius 3 is 2.72 bits per heavy atom. The van der Waals surface area contributed by atoms with Gasteiger partial charge in [0.1, 0.15) is 0 Å². The molecule has 3 rings (SSSR count). The molecular weight excluding hydrogens is 343 g/mol. The zero-order valence-corrected chi connectivity index (χ0v) is 12.5. The number of furan rings is 1. The van der Waals surface area contributed by atoms with Gasteiger partial charge in [-0.1, -0.05) is 0 Å². The monoisotopic (exact) mass is 355 g/mol. The van der Waals surface area contributed by atoms with Crippen LogP contribution in [0.25, 0.3) is 22.1 Å². The summed E-state index contributed by atoms with van der Waals surface area (Å²) in [5.74, 6) is 0. The van der Waals surface area contributed by atoms with Crippen LogP contribution in [0.5, 0.6) is 0 Å². The van der Waals surface area contributed by atoms with Crippen molar-refractivity contribution in [2.24, 2.45) is 0 Å². The second-order valence-corrected chi connectivity index (χ2v) is 6.36. The number of aryl methyl sites for hydroxylation is 2. The number of fused-ring (bicyclic) bond motifs is 3. The molecule has 0 saturated heterocycles. The van der Waals surface area contributed by atoms with Crippen LogP contribution in [0.1, 0.15) is 11.1 Å². The molecule has 2 aromatic heterocycles. The number of benzene rings is 1. The van der Waals surface area contributed by atoms with E-state index in [4.69, 9.17) is 4.42 Å². The number of H-pyrrole nitrogens is 1. The molecule has 94 valence electrons. The van der Waals surface area contributed by atoms with Gasteiger partial charge in [-0.25, -0.2) is 0 Å². The van der Waals surface area contributed by atoms with E-state index < -0.39 is 0 Å². The van der Waals surface area contributed by atoms with Gasteiger partial charge in [0.2, 0.25) is 0 Å². The Kier molecular flexibility index (Phi) is 2.65. The molecule has 0 fully saturated rings. The summed E-state index contributed by atoms with van der Waals surface area (Å²) in [5.41, 5.74) is 3.91. The first kappa shape index (κ1) is 11.7. The third-order valence-electron chi connectivity index (χ3n) is 3.09.